The molecule has 0 saturated heterocycles. The molecular formula is C15H13N3O4. The fourth-order valence-corrected chi connectivity index (χ4v) is 1.80. The number of para-hydroxylation sites is 1. The molecule has 22 heavy (non-hydrogen) atoms. The number of non-ortho nitro benzene ring substituents is 1. The molecule has 0 unspecified atom stereocenters. The van der Waals surface area contributed by atoms with Crippen LogP contribution in [0.3, 0.4) is 0 Å². The second-order valence-corrected chi connectivity index (χ2v) is 4.46. The Balaban J connectivity index is 2.16. The number of aromatic hydroxyl groups is 1. The Labute approximate surface area is 126 Å². The summed E-state index contributed by atoms with van der Waals surface area (Å²) in [5, 5.41) is 24.3. The first-order valence-corrected chi connectivity index (χ1v) is 6.36. The average Bonchev–Trinajstić information content (AvgIpc) is 2.52. The summed E-state index contributed by atoms with van der Waals surface area (Å²) in [6.07, 6.45) is 0. The molecule has 1 amide bonds. The van der Waals surface area contributed by atoms with Gasteiger partial charge in [0, 0.05) is 23.3 Å². The van der Waals surface area contributed by atoms with E-state index in [1.54, 1.807) is 25.1 Å². The summed E-state index contributed by atoms with van der Waals surface area (Å²) in [7, 11) is 0. The number of nitro groups is 1. The van der Waals surface area contributed by atoms with Crippen molar-refractivity contribution in [3.8, 4) is 5.75 Å². The zero-order valence-corrected chi connectivity index (χ0v) is 11.7. The number of hydrogen-bond donors (Lipinski definition) is 2. The van der Waals surface area contributed by atoms with Gasteiger partial charge in [-0.3, -0.25) is 14.9 Å². The van der Waals surface area contributed by atoms with Crippen molar-refractivity contribution in [1.29, 1.82) is 0 Å². The highest BCUT2D eigenvalue weighted by Gasteiger charge is 2.11. The van der Waals surface area contributed by atoms with Crippen LogP contribution in [0.4, 0.5) is 5.69 Å². The van der Waals surface area contributed by atoms with Crippen molar-refractivity contribution < 1.29 is 14.8 Å². The van der Waals surface area contributed by atoms with E-state index in [0.29, 0.717) is 11.3 Å². The largest absolute Gasteiger partial charge is 0.507 e. The molecule has 2 N–H and O–H groups in total. The van der Waals surface area contributed by atoms with E-state index in [0.717, 1.165) is 0 Å². The molecule has 0 atom stereocenters. The van der Waals surface area contributed by atoms with Crippen LogP contribution in [-0.4, -0.2) is 21.6 Å². The molecular weight excluding hydrogens is 286 g/mol. The normalized spacial score (nSPS) is 11.0. The van der Waals surface area contributed by atoms with Gasteiger partial charge in [0.2, 0.25) is 0 Å². The third kappa shape index (κ3) is 3.45. The van der Waals surface area contributed by atoms with Gasteiger partial charge in [-0.2, -0.15) is 5.10 Å². The van der Waals surface area contributed by atoms with Gasteiger partial charge in [-0.1, -0.05) is 18.2 Å². The number of nitrogens with zero attached hydrogens (tertiary/aromatic N) is 2. The molecule has 2 aromatic carbocycles. The molecule has 0 aliphatic carbocycles. The Morgan fingerprint density at radius 1 is 1.23 bits per heavy atom. The summed E-state index contributed by atoms with van der Waals surface area (Å²) in [5.41, 5.74) is 3.16. The SMILES string of the molecule is C/C(=N\NC(=O)c1cccc([N+](=O)[O-])c1)c1ccccc1O. The summed E-state index contributed by atoms with van der Waals surface area (Å²) < 4.78 is 0. The number of nitrogens with one attached hydrogen (secondary N) is 1. The highest BCUT2D eigenvalue weighted by Crippen LogP contribution is 2.16. The van der Waals surface area contributed by atoms with Crippen LogP contribution in [0, 0.1) is 10.1 Å². The van der Waals surface area contributed by atoms with Gasteiger partial charge in [0.05, 0.1) is 10.6 Å². The lowest BCUT2D eigenvalue weighted by molar-refractivity contribution is -0.384. The lowest BCUT2D eigenvalue weighted by Gasteiger charge is -2.04. The summed E-state index contributed by atoms with van der Waals surface area (Å²) >= 11 is 0. The monoisotopic (exact) mass is 299 g/mol. The van der Waals surface area contributed by atoms with Crippen molar-refractivity contribution in [2.45, 2.75) is 6.92 Å². The van der Waals surface area contributed by atoms with E-state index in [9.17, 15) is 20.0 Å². The number of nitro benzene ring substituents is 1. The van der Waals surface area contributed by atoms with Crippen LogP contribution in [0.1, 0.15) is 22.8 Å². The van der Waals surface area contributed by atoms with Crippen LogP contribution in [0.25, 0.3) is 0 Å². The predicted molar refractivity (Wildman–Crippen MR) is 80.9 cm³/mol. The molecule has 2 rings (SSSR count). The van der Waals surface area contributed by atoms with Gasteiger partial charge in [0.15, 0.2) is 0 Å². The van der Waals surface area contributed by atoms with Crippen LogP contribution in [-0.2, 0) is 0 Å². The average molecular weight is 299 g/mol. The van der Waals surface area contributed by atoms with Gasteiger partial charge in [-0.25, -0.2) is 5.43 Å². The van der Waals surface area contributed by atoms with Crippen LogP contribution in [0.15, 0.2) is 53.6 Å². The fraction of sp³-hybridized carbons (Fsp3) is 0.0667. The number of hydrazone groups is 1. The van der Waals surface area contributed by atoms with Gasteiger partial charge < -0.3 is 5.11 Å². The van der Waals surface area contributed by atoms with Gasteiger partial charge in [0.1, 0.15) is 5.75 Å². The molecule has 0 fully saturated rings. The maximum atomic E-state index is 11.9. The van der Waals surface area contributed by atoms with Crippen LogP contribution in [0.2, 0.25) is 0 Å². The van der Waals surface area contributed by atoms with Crippen molar-refractivity contribution in [3.63, 3.8) is 0 Å². The van der Waals surface area contributed by atoms with Crippen LogP contribution >= 0.6 is 0 Å². The van der Waals surface area contributed by atoms with Crippen molar-refractivity contribution in [1.82, 2.24) is 5.43 Å². The predicted octanol–water partition coefficient (Wildman–Crippen LogP) is 2.45. The van der Waals surface area contributed by atoms with Crippen molar-refractivity contribution in [2.24, 2.45) is 5.10 Å². The van der Waals surface area contributed by atoms with E-state index in [1.165, 1.54) is 30.3 Å². The molecule has 0 heterocycles. The molecule has 0 bridgehead atoms. The summed E-state index contributed by atoms with van der Waals surface area (Å²) in [5.74, 6) is -0.521. The Hall–Kier alpha value is -3.22. The zero-order chi connectivity index (χ0) is 16.1. The topological polar surface area (TPSA) is 105 Å². The van der Waals surface area contributed by atoms with Gasteiger partial charge >= 0.3 is 0 Å². The number of carbonyl (C=O) groups excluding carboxylic acids is 1. The number of carbonyl (C=O) groups is 1. The number of rotatable bonds is 4. The number of benzene rings is 2. The van der Waals surface area contributed by atoms with Gasteiger partial charge in [-0.05, 0) is 25.1 Å². The minimum atomic E-state index is -0.576. The van der Waals surface area contributed by atoms with E-state index in [-0.39, 0.29) is 17.0 Å². The highest BCUT2D eigenvalue weighted by atomic mass is 16.6. The Morgan fingerprint density at radius 3 is 2.64 bits per heavy atom. The third-order valence-electron chi connectivity index (χ3n) is 2.94. The first kappa shape index (κ1) is 15.2. The van der Waals surface area contributed by atoms with E-state index in [2.05, 4.69) is 10.5 Å². The highest BCUT2D eigenvalue weighted by molar-refractivity contribution is 6.02. The quantitative estimate of drug-likeness (QED) is 0.514. The molecule has 0 aromatic heterocycles. The molecule has 0 spiro atoms. The smallest absolute Gasteiger partial charge is 0.271 e. The molecule has 0 aliphatic heterocycles. The summed E-state index contributed by atoms with van der Waals surface area (Å²) in [6, 6.07) is 11.9. The Kier molecular flexibility index (Phi) is 4.47. The summed E-state index contributed by atoms with van der Waals surface area (Å²) in [6.45, 7) is 1.63. The molecule has 112 valence electrons. The maximum absolute atomic E-state index is 11.9. The van der Waals surface area contributed by atoms with Gasteiger partial charge in [0.25, 0.3) is 11.6 Å². The first-order chi connectivity index (χ1) is 10.5. The summed E-state index contributed by atoms with van der Waals surface area (Å²) in [4.78, 5) is 22.0. The second-order valence-electron chi connectivity index (χ2n) is 4.46. The molecule has 0 saturated carbocycles. The fourth-order valence-electron chi connectivity index (χ4n) is 1.80. The number of amides is 1. The molecule has 0 aliphatic rings. The van der Waals surface area contributed by atoms with E-state index >= 15 is 0 Å². The first-order valence-electron chi connectivity index (χ1n) is 6.36. The minimum absolute atomic E-state index is 0.0494. The third-order valence-corrected chi connectivity index (χ3v) is 2.94. The van der Waals surface area contributed by atoms with E-state index in [4.69, 9.17) is 0 Å². The second kappa shape index (κ2) is 6.49. The maximum Gasteiger partial charge on any atom is 0.271 e. The number of phenols is 1. The Bertz CT molecular complexity index is 756. The van der Waals surface area contributed by atoms with E-state index < -0.39 is 10.8 Å². The van der Waals surface area contributed by atoms with Crippen molar-refractivity contribution >= 4 is 17.3 Å². The van der Waals surface area contributed by atoms with Gasteiger partial charge in [-0.15, -0.1) is 0 Å². The Morgan fingerprint density at radius 2 is 1.95 bits per heavy atom. The lowest BCUT2D eigenvalue weighted by atomic mass is 10.1. The molecule has 0 radical (unpaired) electrons. The van der Waals surface area contributed by atoms with Crippen LogP contribution in [0.5, 0.6) is 5.75 Å². The van der Waals surface area contributed by atoms with Crippen molar-refractivity contribution in [3.05, 3.63) is 69.8 Å². The lowest BCUT2D eigenvalue weighted by Crippen LogP contribution is -2.19. The van der Waals surface area contributed by atoms with E-state index in [1.807, 2.05) is 0 Å². The zero-order valence-electron chi connectivity index (χ0n) is 11.7. The number of phenolic OH excluding ortho intramolecular Hbond substituents is 1. The molecule has 2 aromatic rings. The molecule has 7 nitrogen and oxygen atoms in total. The molecule has 7 heteroatoms. The van der Waals surface area contributed by atoms with Crippen LogP contribution < -0.4 is 5.43 Å². The van der Waals surface area contributed by atoms with Crippen molar-refractivity contribution in [2.75, 3.05) is 0 Å². The standard InChI is InChI=1S/C15H13N3O4/c1-10(13-7-2-3-8-14(13)19)16-17-15(20)11-5-4-6-12(9-11)18(21)22/h2-9,19H,1H3,(H,17,20)/b16-10+. The number of hydrogen-bond acceptors (Lipinski definition) is 5. The minimum Gasteiger partial charge on any atom is -0.507 e.